The fourth-order valence-corrected chi connectivity index (χ4v) is 1.89. The normalized spacial score (nSPS) is 16.3. The fourth-order valence-electron chi connectivity index (χ4n) is 0.927. The Morgan fingerprint density at radius 2 is 2.07 bits per heavy atom. The van der Waals surface area contributed by atoms with Gasteiger partial charge in [-0.3, -0.25) is 4.21 Å². The van der Waals surface area contributed by atoms with E-state index in [1.165, 1.54) is 0 Å². The molecule has 0 aliphatic heterocycles. The van der Waals surface area contributed by atoms with Crippen molar-refractivity contribution in [3.05, 3.63) is 0 Å². The van der Waals surface area contributed by atoms with Crippen LogP contribution in [0.4, 0.5) is 0 Å². The Hall–Kier alpha value is 0.0300. The molecular formula is C10H23NO3S. The molecule has 4 nitrogen and oxygen atoms in total. The van der Waals surface area contributed by atoms with Crippen LogP contribution in [0.3, 0.4) is 0 Å². The minimum atomic E-state index is -0.996. The Bertz CT molecular complexity index is 192. The molecule has 2 atom stereocenters. The van der Waals surface area contributed by atoms with Crippen LogP contribution in [0.1, 0.15) is 20.8 Å². The summed E-state index contributed by atoms with van der Waals surface area (Å²) in [6, 6.07) is 0. The van der Waals surface area contributed by atoms with Crippen molar-refractivity contribution < 1.29 is 14.1 Å². The molecule has 0 fully saturated rings. The van der Waals surface area contributed by atoms with Crippen molar-refractivity contribution in [3.8, 4) is 0 Å². The third-order valence-electron chi connectivity index (χ3n) is 1.89. The minimum absolute atomic E-state index is 0.256. The predicted octanol–water partition coefficient (Wildman–Crippen LogP) is 0.130. The SMILES string of the molecule is COCCNCC(O)CS(=O)C(C)(C)C. The molecule has 0 saturated heterocycles. The summed E-state index contributed by atoms with van der Waals surface area (Å²) in [5.74, 6) is 0.323. The van der Waals surface area contributed by atoms with E-state index in [1.807, 2.05) is 20.8 Å². The number of aliphatic hydroxyl groups excluding tert-OH is 1. The van der Waals surface area contributed by atoms with Gasteiger partial charge in [-0.2, -0.15) is 0 Å². The van der Waals surface area contributed by atoms with Gasteiger partial charge in [-0.25, -0.2) is 0 Å². The topological polar surface area (TPSA) is 58.6 Å². The van der Waals surface area contributed by atoms with Crippen LogP contribution in [0.25, 0.3) is 0 Å². The average molecular weight is 237 g/mol. The molecule has 0 aromatic heterocycles. The molecule has 0 bridgehead atoms. The van der Waals surface area contributed by atoms with Gasteiger partial charge in [0, 0.05) is 35.7 Å². The summed E-state index contributed by atoms with van der Waals surface area (Å²) < 4.78 is 16.3. The van der Waals surface area contributed by atoms with Gasteiger partial charge in [0.2, 0.25) is 0 Å². The molecule has 0 aliphatic rings. The van der Waals surface area contributed by atoms with E-state index in [0.29, 0.717) is 25.4 Å². The Morgan fingerprint density at radius 1 is 1.47 bits per heavy atom. The highest BCUT2D eigenvalue weighted by molar-refractivity contribution is 7.86. The lowest BCUT2D eigenvalue weighted by atomic mass is 10.3. The lowest BCUT2D eigenvalue weighted by Crippen LogP contribution is -2.36. The van der Waals surface area contributed by atoms with Gasteiger partial charge < -0.3 is 15.2 Å². The van der Waals surface area contributed by atoms with Crippen molar-refractivity contribution in [2.24, 2.45) is 0 Å². The van der Waals surface area contributed by atoms with Crippen LogP contribution in [0.2, 0.25) is 0 Å². The number of methoxy groups -OCH3 is 1. The average Bonchev–Trinajstić information content (AvgIpc) is 2.11. The van der Waals surface area contributed by atoms with Gasteiger partial charge in [-0.1, -0.05) is 0 Å². The third-order valence-corrected chi connectivity index (χ3v) is 3.94. The highest BCUT2D eigenvalue weighted by Crippen LogP contribution is 2.11. The van der Waals surface area contributed by atoms with E-state index < -0.39 is 16.9 Å². The summed E-state index contributed by atoms with van der Waals surface area (Å²) in [6.07, 6.45) is -0.554. The zero-order valence-electron chi connectivity index (χ0n) is 10.1. The van der Waals surface area contributed by atoms with E-state index in [0.717, 1.165) is 0 Å². The largest absolute Gasteiger partial charge is 0.391 e. The molecule has 0 aliphatic carbocycles. The molecule has 0 radical (unpaired) electrons. The van der Waals surface area contributed by atoms with E-state index in [-0.39, 0.29) is 4.75 Å². The van der Waals surface area contributed by atoms with Crippen LogP contribution >= 0.6 is 0 Å². The molecule has 0 spiro atoms. The quantitative estimate of drug-likeness (QED) is 0.618. The molecule has 0 amide bonds. The summed E-state index contributed by atoms with van der Waals surface area (Å²) in [5, 5.41) is 12.6. The summed E-state index contributed by atoms with van der Waals surface area (Å²) in [5.41, 5.74) is 0. The molecule has 15 heavy (non-hydrogen) atoms. The molecular weight excluding hydrogens is 214 g/mol. The molecule has 0 aromatic carbocycles. The fraction of sp³-hybridized carbons (Fsp3) is 1.00. The first-order valence-electron chi connectivity index (χ1n) is 5.14. The highest BCUT2D eigenvalue weighted by Gasteiger charge is 2.21. The van der Waals surface area contributed by atoms with Crippen molar-refractivity contribution in [1.29, 1.82) is 0 Å². The second-order valence-corrected chi connectivity index (χ2v) is 6.72. The molecule has 0 saturated carbocycles. The zero-order chi connectivity index (χ0) is 11.9. The number of rotatable bonds is 7. The maximum absolute atomic E-state index is 11.7. The van der Waals surface area contributed by atoms with Crippen LogP contribution in [0, 0.1) is 0 Å². The Labute approximate surface area is 94.9 Å². The molecule has 0 heterocycles. The van der Waals surface area contributed by atoms with E-state index in [4.69, 9.17) is 4.74 Å². The van der Waals surface area contributed by atoms with Crippen molar-refractivity contribution in [1.82, 2.24) is 5.32 Å². The lowest BCUT2D eigenvalue weighted by molar-refractivity contribution is 0.174. The first-order chi connectivity index (χ1) is 6.88. The second kappa shape index (κ2) is 7.33. The van der Waals surface area contributed by atoms with Crippen molar-refractivity contribution >= 4 is 10.8 Å². The van der Waals surface area contributed by atoms with Gasteiger partial charge in [-0.05, 0) is 20.8 Å². The summed E-state index contributed by atoms with van der Waals surface area (Å²) >= 11 is 0. The van der Waals surface area contributed by atoms with Gasteiger partial charge in [0.15, 0.2) is 0 Å². The molecule has 2 unspecified atom stereocenters. The smallest absolute Gasteiger partial charge is 0.0779 e. The van der Waals surface area contributed by atoms with E-state index >= 15 is 0 Å². The standard InChI is InChI=1S/C10H23NO3S/c1-10(2,3)15(13)8-9(12)7-11-5-6-14-4/h9,11-12H,5-8H2,1-4H3. The third kappa shape index (κ3) is 7.90. The van der Waals surface area contributed by atoms with Gasteiger partial charge in [0.1, 0.15) is 0 Å². The van der Waals surface area contributed by atoms with Crippen molar-refractivity contribution in [3.63, 3.8) is 0 Å². The number of aliphatic hydroxyl groups is 1. The Balaban J connectivity index is 3.65. The van der Waals surface area contributed by atoms with Crippen molar-refractivity contribution in [2.75, 3.05) is 32.6 Å². The minimum Gasteiger partial charge on any atom is -0.391 e. The van der Waals surface area contributed by atoms with E-state index in [9.17, 15) is 9.32 Å². The Morgan fingerprint density at radius 3 is 2.53 bits per heavy atom. The maximum Gasteiger partial charge on any atom is 0.0779 e. The number of hydrogen-bond acceptors (Lipinski definition) is 4. The first kappa shape index (κ1) is 15.0. The van der Waals surface area contributed by atoms with E-state index in [1.54, 1.807) is 7.11 Å². The first-order valence-corrected chi connectivity index (χ1v) is 6.46. The second-order valence-electron chi connectivity index (χ2n) is 4.48. The predicted molar refractivity (Wildman–Crippen MR) is 63.5 cm³/mol. The van der Waals surface area contributed by atoms with Crippen LogP contribution in [-0.4, -0.2) is 52.7 Å². The van der Waals surface area contributed by atoms with Crippen LogP contribution in [0.15, 0.2) is 0 Å². The van der Waals surface area contributed by atoms with Crippen molar-refractivity contribution in [2.45, 2.75) is 31.6 Å². The molecule has 2 N–H and O–H groups in total. The highest BCUT2D eigenvalue weighted by atomic mass is 32.2. The monoisotopic (exact) mass is 237 g/mol. The molecule has 0 rings (SSSR count). The summed E-state index contributed by atoms with van der Waals surface area (Å²) in [4.78, 5) is 0. The van der Waals surface area contributed by atoms with Crippen LogP contribution in [0.5, 0.6) is 0 Å². The number of nitrogens with one attached hydrogen (secondary N) is 1. The zero-order valence-corrected chi connectivity index (χ0v) is 10.9. The number of hydrogen-bond donors (Lipinski definition) is 2. The van der Waals surface area contributed by atoms with Gasteiger partial charge >= 0.3 is 0 Å². The van der Waals surface area contributed by atoms with Gasteiger partial charge in [-0.15, -0.1) is 0 Å². The summed E-state index contributed by atoms with van der Waals surface area (Å²) in [6.45, 7) is 7.52. The maximum atomic E-state index is 11.7. The number of ether oxygens (including phenoxy) is 1. The summed E-state index contributed by atoms with van der Waals surface area (Å²) in [7, 11) is 0.636. The van der Waals surface area contributed by atoms with Crippen LogP contribution in [-0.2, 0) is 15.5 Å². The molecule has 0 aromatic rings. The molecule has 5 heteroatoms. The van der Waals surface area contributed by atoms with Gasteiger partial charge in [0.05, 0.1) is 18.5 Å². The molecule has 92 valence electrons. The van der Waals surface area contributed by atoms with Crippen LogP contribution < -0.4 is 5.32 Å². The lowest BCUT2D eigenvalue weighted by Gasteiger charge is -2.20. The van der Waals surface area contributed by atoms with E-state index in [2.05, 4.69) is 5.32 Å². The van der Waals surface area contributed by atoms with Gasteiger partial charge in [0.25, 0.3) is 0 Å². The Kier molecular flexibility index (Phi) is 7.34.